The van der Waals surface area contributed by atoms with Crippen LogP contribution < -0.4 is 5.73 Å². The van der Waals surface area contributed by atoms with Crippen molar-refractivity contribution in [2.75, 3.05) is 26.8 Å². The summed E-state index contributed by atoms with van der Waals surface area (Å²) in [4.78, 5) is 2.44. The maximum absolute atomic E-state index is 7.62. The van der Waals surface area contributed by atoms with Crippen molar-refractivity contribution in [1.82, 2.24) is 4.90 Å². The van der Waals surface area contributed by atoms with Crippen molar-refractivity contribution in [3.05, 3.63) is 35.4 Å². The minimum absolute atomic E-state index is 0.157. The molecule has 1 saturated heterocycles. The Morgan fingerprint density at radius 3 is 2.68 bits per heavy atom. The molecule has 0 bridgehead atoms. The first kappa shape index (κ1) is 14.0. The molecule has 0 radical (unpaired) electrons. The highest BCUT2D eigenvalue weighted by Crippen LogP contribution is 2.20. The molecule has 1 aliphatic rings. The van der Waals surface area contributed by atoms with Gasteiger partial charge < -0.3 is 10.5 Å². The Kier molecular flexibility index (Phi) is 4.93. The molecule has 3 N–H and O–H groups in total. The number of amidine groups is 1. The van der Waals surface area contributed by atoms with Crippen molar-refractivity contribution in [2.24, 2.45) is 11.7 Å². The van der Waals surface area contributed by atoms with Crippen LogP contribution in [0.15, 0.2) is 24.3 Å². The summed E-state index contributed by atoms with van der Waals surface area (Å²) in [6.07, 6.45) is 2.38. The van der Waals surface area contributed by atoms with Crippen LogP contribution in [0.1, 0.15) is 24.0 Å². The molecule has 1 fully saturated rings. The number of ether oxygens (including phenoxy) is 1. The molecular formula is C15H23N3O. The van der Waals surface area contributed by atoms with Gasteiger partial charge in [-0.3, -0.25) is 10.3 Å². The third-order valence-electron chi connectivity index (χ3n) is 3.81. The first-order valence-corrected chi connectivity index (χ1v) is 6.84. The highest BCUT2D eigenvalue weighted by molar-refractivity contribution is 5.96. The molecule has 0 amide bonds. The third-order valence-corrected chi connectivity index (χ3v) is 3.81. The highest BCUT2D eigenvalue weighted by atomic mass is 16.5. The summed E-state index contributed by atoms with van der Waals surface area (Å²) in [5.74, 6) is 0.856. The first-order chi connectivity index (χ1) is 9.20. The van der Waals surface area contributed by atoms with Gasteiger partial charge in [0.2, 0.25) is 0 Å². The zero-order valence-electron chi connectivity index (χ0n) is 11.6. The highest BCUT2D eigenvalue weighted by Gasteiger charge is 2.19. The van der Waals surface area contributed by atoms with Gasteiger partial charge in [0, 0.05) is 25.8 Å². The topological polar surface area (TPSA) is 62.3 Å². The van der Waals surface area contributed by atoms with E-state index in [1.54, 1.807) is 7.11 Å². The van der Waals surface area contributed by atoms with E-state index in [2.05, 4.69) is 11.0 Å². The second-order valence-electron chi connectivity index (χ2n) is 5.25. The number of rotatable bonds is 5. The Balaban J connectivity index is 1.94. The smallest absolute Gasteiger partial charge is 0.123 e. The van der Waals surface area contributed by atoms with Crippen LogP contribution in [-0.2, 0) is 11.3 Å². The number of hydrogen-bond donors (Lipinski definition) is 2. The molecule has 0 spiro atoms. The van der Waals surface area contributed by atoms with Gasteiger partial charge in [-0.05, 0) is 37.4 Å². The number of likely N-dealkylation sites (tertiary alicyclic amines) is 1. The van der Waals surface area contributed by atoms with Crippen molar-refractivity contribution in [3.63, 3.8) is 0 Å². The van der Waals surface area contributed by atoms with E-state index in [9.17, 15) is 0 Å². The third kappa shape index (κ3) is 3.78. The van der Waals surface area contributed by atoms with Gasteiger partial charge in [-0.1, -0.05) is 24.3 Å². The zero-order chi connectivity index (χ0) is 13.7. The van der Waals surface area contributed by atoms with E-state index in [-0.39, 0.29) is 5.84 Å². The van der Waals surface area contributed by atoms with Crippen LogP contribution in [0.5, 0.6) is 0 Å². The number of nitrogens with one attached hydrogen (secondary N) is 1. The summed E-state index contributed by atoms with van der Waals surface area (Å²) in [6, 6.07) is 7.94. The number of hydrogen-bond acceptors (Lipinski definition) is 3. The average Bonchev–Trinajstić information content (AvgIpc) is 2.42. The molecule has 104 valence electrons. The summed E-state index contributed by atoms with van der Waals surface area (Å²) >= 11 is 0. The van der Waals surface area contributed by atoms with Crippen LogP contribution in [0.4, 0.5) is 0 Å². The molecule has 0 atom stereocenters. The lowest BCUT2D eigenvalue weighted by molar-refractivity contribution is 0.0968. The van der Waals surface area contributed by atoms with Gasteiger partial charge in [0.25, 0.3) is 0 Å². The zero-order valence-corrected chi connectivity index (χ0v) is 11.6. The summed E-state index contributed by atoms with van der Waals surface area (Å²) < 4.78 is 5.22. The van der Waals surface area contributed by atoms with E-state index in [4.69, 9.17) is 15.9 Å². The quantitative estimate of drug-likeness (QED) is 0.628. The van der Waals surface area contributed by atoms with Crippen LogP contribution in [0.2, 0.25) is 0 Å². The lowest BCUT2D eigenvalue weighted by atomic mass is 9.97. The Morgan fingerprint density at radius 1 is 1.37 bits per heavy atom. The summed E-state index contributed by atoms with van der Waals surface area (Å²) in [7, 11) is 1.77. The molecule has 2 rings (SSSR count). The summed E-state index contributed by atoms with van der Waals surface area (Å²) in [5, 5.41) is 7.62. The van der Waals surface area contributed by atoms with Crippen LogP contribution >= 0.6 is 0 Å². The molecule has 0 unspecified atom stereocenters. The number of nitrogen functional groups attached to an aromatic ring is 1. The minimum atomic E-state index is 0.157. The van der Waals surface area contributed by atoms with Crippen molar-refractivity contribution in [3.8, 4) is 0 Å². The number of nitrogens with zero attached hydrogens (tertiary/aromatic N) is 1. The molecular weight excluding hydrogens is 238 g/mol. The van der Waals surface area contributed by atoms with Crippen LogP contribution in [0, 0.1) is 11.3 Å². The Morgan fingerprint density at radius 2 is 2.05 bits per heavy atom. The number of benzene rings is 1. The molecule has 4 nitrogen and oxygen atoms in total. The normalized spacial score (nSPS) is 17.5. The summed E-state index contributed by atoms with van der Waals surface area (Å²) in [6.45, 7) is 3.95. The van der Waals surface area contributed by atoms with E-state index < -0.39 is 0 Å². The lowest BCUT2D eigenvalue weighted by Gasteiger charge is -2.32. The predicted octanol–water partition coefficient (Wildman–Crippen LogP) is 1.83. The molecule has 0 aromatic heterocycles. The molecule has 19 heavy (non-hydrogen) atoms. The second-order valence-corrected chi connectivity index (χ2v) is 5.25. The maximum Gasteiger partial charge on any atom is 0.123 e. The van der Waals surface area contributed by atoms with Gasteiger partial charge in [0.05, 0.1) is 0 Å². The van der Waals surface area contributed by atoms with Gasteiger partial charge in [-0.15, -0.1) is 0 Å². The van der Waals surface area contributed by atoms with E-state index in [0.717, 1.165) is 37.4 Å². The average molecular weight is 261 g/mol. The van der Waals surface area contributed by atoms with Gasteiger partial charge in [-0.25, -0.2) is 0 Å². The predicted molar refractivity (Wildman–Crippen MR) is 77.3 cm³/mol. The maximum atomic E-state index is 7.62. The molecule has 1 heterocycles. The largest absolute Gasteiger partial charge is 0.384 e. The molecule has 4 heteroatoms. The van der Waals surface area contributed by atoms with Crippen molar-refractivity contribution < 1.29 is 4.74 Å². The molecule has 0 aliphatic carbocycles. The van der Waals surface area contributed by atoms with Crippen molar-refractivity contribution in [2.45, 2.75) is 19.4 Å². The van der Waals surface area contributed by atoms with Crippen LogP contribution in [-0.4, -0.2) is 37.5 Å². The van der Waals surface area contributed by atoms with Crippen LogP contribution in [0.3, 0.4) is 0 Å². The first-order valence-electron chi connectivity index (χ1n) is 6.84. The van der Waals surface area contributed by atoms with E-state index in [0.29, 0.717) is 5.92 Å². The van der Waals surface area contributed by atoms with Crippen molar-refractivity contribution in [1.29, 1.82) is 5.41 Å². The van der Waals surface area contributed by atoms with Gasteiger partial charge in [0.15, 0.2) is 0 Å². The number of piperidine rings is 1. The minimum Gasteiger partial charge on any atom is -0.384 e. The Bertz CT molecular complexity index is 425. The fourth-order valence-corrected chi connectivity index (χ4v) is 2.71. The standard InChI is InChI=1S/C15H23N3O/c1-19-11-12-6-8-18(9-7-12)10-13-4-2-3-5-14(13)15(16)17/h2-5,12H,6-11H2,1H3,(H3,16,17). The monoisotopic (exact) mass is 261 g/mol. The Labute approximate surface area is 115 Å². The van der Waals surface area contributed by atoms with Gasteiger partial charge >= 0.3 is 0 Å². The lowest BCUT2D eigenvalue weighted by Crippen LogP contribution is -2.35. The number of methoxy groups -OCH3 is 1. The van der Waals surface area contributed by atoms with E-state index >= 15 is 0 Å². The Hall–Kier alpha value is -1.39. The van der Waals surface area contributed by atoms with Gasteiger partial charge in [-0.2, -0.15) is 0 Å². The van der Waals surface area contributed by atoms with Gasteiger partial charge in [0.1, 0.15) is 5.84 Å². The van der Waals surface area contributed by atoms with Crippen LogP contribution in [0.25, 0.3) is 0 Å². The molecule has 1 aromatic rings. The second kappa shape index (κ2) is 6.68. The fourth-order valence-electron chi connectivity index (χ4n) is 2.71. The van der Waals surface area contributed by atoms with E-state index in [1.165, 1.54) is 12.8 Å². The van der Waals surface area contributed by atoms with E-state index in [1.807, 2.05) is 18.2 Å². The fraction of sp³-hybridized carbons (Fsp3) is 0.533. The SMILES string of the molecule is COCC1CCN(Cc2ccccc2C(=N)N)CC1. The molecule has 1 aliphatic heterocycles. The van der Waals surface area contributed by atoms with Crippen molar-refractivity contribution >= 4 is 5.84 Å². The number of nitrogens with two attached hydrogens (primary N) is 1. The summed E-state index contributed by atoms with van der Waals surface area (Å²) in [5.41, 5.74) is 7.65. The molecule has 0 saturated carbocycles. The molecule has 1 aromatic carbocycles.